The molecular weight excluding hydrogens is 228 g/mol. The molecule has 1 heterocycles. The third-order valence-corrected chi connectivity index (χ3v) is 3.25. The van der Waals surface area contributed by atoms with E-state index in [4.69, 9.17) is 10.5 Å². The Labute approximate surface area is 104 Å². The van der Waals surface area contributed by atoms with E-state index in [-0.39, 0.29) is 30.0 Å². The number of nitrogens with one attached hydrogen (secondary N) is 1. The highest BCUT2D eigenvalue weighted by molar-refractivity contribution is 5.85. The van der Waals surface area contributed by atoms with Gasteiger partial charge in [-0.25, -0.2) is 0 Å². The van der Waals surface area contributed by atoms with Gasteiger partial charge in [0.2, 0.25) is 5.91 Å². The van der Waals surface area contributed by atoms with Crippen molar-refractivity contribution in [3.8, 4) is 0 Å². The van der Waals surface area contributed by atoms with Crippen LogP contribution in [-0.2, 0) is 9.53 Å². The third kappa shape index (κ3) is 4.28. The van der Waals surface area contributed by atoms with Crippen LogP contribution in [0.1, 0.15) is 39.5 Å². The number of hydrogen-bond acceptors (Lipinski definition) is 3. The van der Waals surface area contributed by atoms with Crippen LogP contribution in [0.2, 0.25) is 0 Å². The van der Waals surface area contributed by atoms with Gasteiger partial charge in [-0.2, -0.15) is 0 Å². The summed E-state index contributed by atoms with van der Waals surface area (Å²) < 4.78 is 5.29. The molecule has 1 aliphatic heterocycles. The van der Waals surface area contributed by atoms with E-state index >= 15 is 0 Å². The van der Waals surface area contributed by atoms with Crippen LogP contribution in [0.15, 0.2) is 0 Å². The van der Waals surface area contributed by atoms with Gasteiger partial charge in [-0.1, -0.05) is 13.8 Å². The Morgan fingerprint density at radius 3 is 2.56 bits per heavy atom. The van der Waals surface area contributed by atoms with E-state index in [1.54, 1.807) is 0 Å². The zero-order valence-electron chi connectivity index (χ0n) is 10.1. The molecule has 1 fully saturated rings. The Balaban J connectivity index is 0.00000225. The highest BCUT2D eigenvalue weighted by Gasteiger charge is 2.26. The number of halogens is 1. The molecule has 0 aliphatic carbocycles. The molecule has 0 aromatic rings. The molecule has 0 saturated carbocycles. The lowest BCUT2D eigenvalue weighted by atomic mass is 9.94. The molecular formula is C11H23ClN2O2. The van der Waals surface area contributed by atoms with Crippen LogP contribution in [0.5, 0.6) is 0 Å². The van der Waals surface area contributed by atoms with Crippen molar-refractivity contribution in [3.63, 3.8) is 0 Å². The van der Waals surface area contributed by atoms with E-state index in [0.717, 1.165) is 25.7 Å². The van der Waals surface area contributed by atoms with E-state index < -0.39 is 0 Å². The first-order chi connectivity index (χ1) is 7.11. The second kappa shape index (κ2) is 7.09. The van der Waals surface area contributed by atoms with Gasteiger partial charge >= 0.3 is 0 Å². The Morgan fingerprint density at radius 2 is 2.12 bits per heavy atom. The minimum atomic E-state index is -0.270. The number of carbonyl (C=O) groups is 1. The summed E-state index contributed by atoms with van der Waals surface area (Å²) in [5.74, 6) is -0.00998. The summed E-state index contributed by atoms with van der Waals surface area (Å²) in [7, 11) is 0. The van der Waals surface area contributed by atoms with Gasteiger partial charge in [0.15, 0.2) is 0 Å². The number of carbonyl (C=O) groups excluding carboxylic acids is 1. The van der Waals surface area contributed by atoms with Crippen molar-refractivity contribution in [1.29, 1.82) is 0 Å². The summed E-state index contributed by atoms with van der Waals surface area (Å²) in [4.78, 5) is 11.6. The van der Waals surface area contributed by atoms with Crippen LogP contribution in [0, 0.1) is 0 Å². The third-order valence-electron chi connectivity index (χ3n) is 3.25. The number of rotatable bonds is 5. The van der Waals surface area contributed by atoms with Crippen molar-refractivity contribution >= 4 is 18.3 Å². The minimum Gasteiger partial charge on any atom is -0.368 e. The SMILES string of the molecule is CCC(N)(CC)CNC(=O)[C@H]1CCCO1.Cl. The smallest absolute Gasteiger partial charge is 0.249 e. The minimum absolute atomic E-state index is 0. The molecule has 0 bridgehead atoms. The highest BCUT2D eigenvalue weighted by Crippen LogP contribution is 2.13. The first-order valence-electron chi connectivity index (χ1n) is 5.79. The summed E-state index contributed by atoms with van der Waals surface area (Å²) in [5.41, 5.74) is 5.82. The normalized spacial score (nSPS) is 20.3. The molecule has 0 spiro atoms. The Bertz CT molecular complexity index is 214. The molecule has 3 N–H and O–H groups in total. The van der Waals surface area contributed by atoms with Crippen molar-refractivity contribution in [2.45, 2.75) is 51.2 Å². The largest absolute Gasteiger partial charge is 0.368 e. The van der Waals surface area contributed by atoms with Gasteiger partial charge in [-0.15, -0.1) is 12.4 Å². The lowest BCUT2D eigenvalue weighted by molar-refractivity contribution is -0.130. The second-order valence-electron chi connectivity index (χ2n) is 4.29. The molecule has 0 unspecified atom stereocenters. The number of ether oxygens (including phenoxy) is 1. The molecule has 4 nitrogen and oxygen atoms in total. The predicted octanol–water partition coefficient (Wildman–Crippen LogP) is 1.22. The van der Waals surface area contributed by atoms with Crippen LogP contribution < -0.4 is 11.1 Å². The summed E-state index contributed by atoms with van der Waals surface area (Å²) in [5, 5.41) is 2.88. The summed E-state index contributed by atoms with van der Waals surface area (Å²) in [6, 6.07) is 0. The molecule has 0 aromatic heterocycles. The summed E-state index contributed by atoms with van der Waals surface area (Å²) in [6.45, 7) is 5.33. The van der Waals surface area contributed by atoms with Crippen molar-refractivity contribution in [2.75, 3.05) is 13.2 Å². The zero-order valence-corrected chi connectivity index (χ0v) is 10.9. The molecule has 96 valence electrons. The maximum atomic E-state index is 11.6. The number of amides is 1. The average Bonchev–Trinajstić information content (AvgIpc) is 2.79. The fourth-order valence-corrected chi connectivity index (χ4v) is 1.66. The molecule has 1 amide bonds. The van der Waals surface area contributed by atoms with Gasteiger partial charge in [0.25, 0.3) is 0 Å². The fraction of sp³-hybridized carbons (Fsp3) is 0.909. The van der Waals surface area contributed by atoms with Crippen LogP contribution in [0.3, 0.4) is 0 Å². The molecule has 0 aromatic carbocycles. The summed E-state index contributed by atoms with van der Waals surface area (Å²) in [6.07, 6.45) is 3.31. The first-order valence-corrected chi connectivity index (χ1v) is 5.79. The van der Waals surface area contributed by atoms with E-state index in [1.807, 2.05) is 13.8 Å². The van der Waals surface area contributed by atoms with Crippen molar-refractivity contribution in [2.24, 2.45) is 5.73 Å². The predicted molar refractivity (Wildman–Crippen MR) is 66.7 cm³/mol. The van der Waals surface area contributed by atoms with Gasteiger partial charge in [0.1, 0.15) is 6.10 Å². The molecule has 1 atom stereocenters. The topological polar surface area (TPSA) is 64.3 Å². The fourth-order valence-electron chi connectivity index (χ4n) is 1.66. The molecule has 1 aliphatic rings. The molecule has 1 rings (SSSR count). The Hall–Kier alpha value is -0.320. The quantitative estimate of drug-likeness (QED) is 0.771. The lowest BCUT2D eigenvalue weighted by Crippen LogP contribution is -2.51. The van der Waals surface area contributed by atoms with Gasteiger partial charge in [-0.3, -0.25) is 4.79 Å². The number of nitrogens with two attached hydrogens (primary N) is 1. The molecule has 0 radical (unpaired) electrons. The lowest BCUT2D eigenvalue weighted by Gasteiger charge is -2.27. The van der Waals surface area contributed by atoms with Crippen LogP contribution in [-0.4, -0.2) is 30.7 Å². The average molecular weight is 251 g/mol. The molecule has 16 heavy (non-hydrogen) atoms. The summed E-state index contributed by atoms with van der Waals surface area (Å²) >= 11 is 0. The van der Waals surface area contributed by atoms with Crippen molar-refractivity contribution in [1.82, 2.24) is 5.32 Å². The maximum absolute atomic E-state index is 11.6. The zero-order chi connectivity index (χ0) is 11.3. The maximum Gasteiger partial charge on any atom is 0.249 e. The standard InChI is InChI=1S/C11H22N2O2.ClH/c1-3-11(12,4-2)8-13-10(14)9-6-5-7-15-9;/h9H,3-8,12H2,1-2H3,(H,13,14);1H/t9-;/m1./s1. The van der Waals surface area contributed by atoms with E-state index in [1.165, 1.54) is 0 Å². The van der Waals surface area contributed by atoms with Crippen LogP contribution >= 0.6 is 12.4 Å². The van der Waals surface area contributed by atoms with Crippen molar-refractivity contribution < 1.29 is 9.53 Å². The van der Waals surface area contributed by atoms with Gasteiger partial charge in [-0.05, 0) is 25.7 Å². The van der Waals surface area contributed by atoms with Gasteiger partial charge in [0.05, 0.1) is 0 Å². The van der Waals surface area contributed by atoms with Gasteiger partial charge < -0.3 is 15.8 Å². The first kappa shape index (κ1) is 15.7. The van der Waals surface area contributed by atoms with E-state index in [9.17, 15) is 4.79 Å². The van der Waals surface area contributed by atoms with E-state index in [0.29, 0.717) is 13.2 Å². The highest BCUT2D eigenvalue weighted by atomic mass is 35.5. The Kier molecular flexibility index (Phi) is 6.95. The Morgan fingerprint density at radius 1 is 1.50 bits per heavy atom. The van der Waals surface area contributed by atoms with Crippen LogP contribution in [0.4, 0.5) is 0 Å². The number of hydrogen-bond donors (Lipinski definition) is 2. The molecule has 1 saturated heterocycles. The molecule has 5 heteroatoms. The van der Waals surface area contributed by atoms with Crippen molar-refractivity contribution in [3.05, 3.63) is 0 Å². The van der Waals surface area contributed by atoms with E-state index in [2.05, 4.69) is 5.32 Å². The monoisotopic (exact) mass is 250 g/mol. The van der Waals surface area contributed by atoms with Gasteiger partial charge in [0, 0.05) is 18.7 Å². The second-order valence-corrected chi connectivity index (χ2v) is 4.29. The van der Waals surface area contributed by atoms with Crippen LogP contribution in [0.25, 0.3) is 0 Å².